The number of aliphatic hydroxyl groups excluding tert-OH is 2. The van der Waals surface area contributed by atoms with Crippen molar-refractivity contribution in [1.82, 2.24) is 0 Å². The SMILES string of the molecule is CC(O)COCCOCCOCCO.O=[P+](O)O. The molecule has 0 amide bonds. The molecular weight excluding hydrogens is 267 g/mol. The molecule has 0 heterocycles. The number of hydrogen-bond donors (Lipinski definition) is 4. The van der Waals surface area contributed by atoms with Crippen molar-refractivity contribution >= 4 is 8.25 Å². The van der Waals surface area contributed by atoms with Crippen LogP contribution in [0.15, 0.2) is 0 Å². The number of ether oxygens (including phenoxy) is 3. The minimum Gasteiger partial charge on any atom is -0.394 e. The zero-order chi connectivity index (χ0) is 14.2. The maximum Gasteiger partial charge on any atom is 0.692 e. The maximum atomic E-state index is 8.84. The first kappa shape index (κ1) is 20.1. The van der Waals surface area contributed by atoms with Crippen molar-refractivity contribution in [3.63, 3.8) is 0 Å². The van der Waals surface area contributed by atoms with Crippen molar-refractivity contribution in [1.29, 1.82) is 0 Å². The zero-order valence-electron chi connectivity index (χ0n) is 10.4. The monoisotopic (exact) mass is 289 g/mol. The molecule has 0 spiro atoms. The van der Waals surface area contributed by atoms with Crippen LogP contribution in [0, 0.1) is 0 Å². The fraction of sp³-hybridized carbons (Fsp3) is 1.00. The van der Waals surface area contributed by atoms with Gasteiger partial charge in [0.05, 0.1) is 52.4 Å². The Labute approximate surface area is 107 Å². The molecule has 0 aromatic carbocycles. The van der Waals surface area contributed by atoms with Crippen molar-refractivity contribution in [2.24, 2.45) is 0 Å². The smallest absolute Gasteiger partial charge is 0.394 e. The van der Waals surface area contributed by atoms with Gasteiger partial charge in [0.25, 0.3) is 0 Å². The molecule has 1 atom stereocenters. The Kier molecular flexibility index (Phi) is 18.8. The molecule has 0 rings (SSSR count). The van der Waals surface area contributed by atoms with E-state index < -0.39 is 14.4 Å². The molecule has 0 radical (unpaired) electrons. The first-order valence-electron chi connectivity index (χ1n) is 5.37. The molecule has 9 heteroatoms. The Morgan fingerprint density at radius 1 is 1.00 bits per heavy atom. The lowest BCUT2D eigenvalue weighted by atomic mass is 10.4. The van der Waals surface area contributed by atoms with Crippen LogP contribution in [0.1, 0.15) is 6.92 Å². The topological polar surface area (TPSA) is 126 Å². The standard InChI is InChI=1S/C9H20O5.HO3P/c1-9(11)8-14-7-6-13-5-4-12-3-2-10;1-4(2)3/h9-11H,2-8H2,1H3;(H-,1,2,3)/p+1. The molecule has 0 bridgehead atoms. The molecule has 4 N–H and O–H groups in total. The highest BCUT2D eigenvalue weighted by Gasteiger charge is 1.95. The van der Waals surface area contributed by atoms with Gasteiger partial charge in [-0.15, -0.1) is 9.79 Å². The van der Waals surface area contributed by atoms with Crippen LogP contribution < -0.4 is 0 Å². The predicted octanol–water partition coefficient (Wildman–Crippen LogP) is -0.962. The van der Waals surface area contributed by atoms with Gasteiger partial charge in [0.1, 0.15) is 0 Å². The Morgan fingerprint density at radius 2 is 1.39 bits per heavy atom. The van der Waals surface area contributed by atoms with Crippen molar-refractivity contribution in [2.45, 2.75) is 13.0 Å². The Hall–Kier alpha value is -0.180. The Bertz CT molecular complexity index is 174. The van der Waals surface area contributed by atoms with E-state index in [2.05, 4.69) is 0 Å². The van der Waals surface area contributed by atoms with E-state index in [1.807, 2.05) is 0 Å². The lowest BCUT2D eigenvalue weighted by Gasteiger charge is -2.07. The van der Waals surface area contributed by atoms with Crippen LogP contribution in [0.5, 0.6) is 0 Å². The predicted molar refractivity (Wildman–Crippen MR) is 63.3 cm³/mol. The second-order valence-corrected chi connectivity index (χ2v) is 3.63. The second kappa shape index (κ2) is 16.8. The highest BCUT2D eigenvalue weighted by molar-refractivity contribution is 7.30. The average Bonchev–Trinajstić information content (AvgIpc) is 2.26. The fourth-order valence-corrected chi connectivity index (χ4v) is 0.758. The molecule has 18 heavy (non-hydrogen) atoms. The van der Waals surface area contributed by atoms with Gasteiger partial charge in [-0.05, 0) is 6.92 Å². The Morgan fingerprint density at radius 3 is 1.78 bits per heavy atom. The van der Waals surface area contributed by atoms with Gasteiger partial charge in [0, 0.05) is 4.57 Å². The molecule has 110 valence electrons. The third kappa shape index (κ3) is 29.7. The first-order chi connectivity index (χ1) is 8.50. The molecule has 0 aromatic rings. The number of rotatable bonds is 10. The number of hydrogen-bond acceptors (Lipinski definition) is 6. The lowest BCUT2D eigenvalue weighted by Crippen LogP contribution is -2.15. The third-order valence-electron chi connectivity index (χ3n) is 1.34. The van der Waals surface area contributed by atoms with Crippen LogP contribution in [-0.4, -0.2) is 72.4 Å². The molecule has 0 aliphatic heterocycles. The van der Waals surface area contributed by atoms with E-state index in [4.69, 9.17) is 38.8 Å². The highest BCUT2D eigenvalue weighted by atomic mass is 31.1. The highest BCUT2D eigenvalue weighted by Crippen LogP contribution is 1.98. The van der Waals surface area contributed by atoms with Gasteiger partial charge in [-0.3, -0.25) is 0 Å². The summed E-state index contributed by atoms with van der Waals surface area (Å²) in [4.78, 5) is 14.2. The van der Waals surface area contributed by atoms with Gasteiger partial charge in [-0.25, -0.2) is 0 Å². The van der Waals surface area contributed by atoms with Crippen LogP contribution in [-0.2, 0) is 18.8 Å². The van der Waals surface area contributed by atoms with E-state index in [0.29, 0.717) is 39.6 Å². The summed E-state index contributed by atoms with van der Waals surface area (Å²) in [7, 11) is -2.87. The summed E-state index contributed by atoms with van der Waals surface area (Å²) in [6.45, 7) is 4.35. The molecular formula is C9H22O8P+. The molecule has 0 saturated heterocycles. The molecule has 1 unspecified atom stereocenters. The quantitative estimate of drug-likeness (QED) is 0.299. The van der Waals surface area contributed by atoms with E-state index in [0.717, 1.165) is 0 Å². The molecule has 0 aliphatic rings. The van der Waals surface area contributed by atoms with Crippen LogP contribution in [0.3, 0.4) is 0 Å². The summed E-state index contributed by atoms with van der Waals surface area (Å²) < 4.78 is 23.9. The fourth-order valence-electron chi connectivity index (χ4n) is 0.758. The summed E-state index contributed by atoms with van der Waals surface area (Å²) >= 11 is 0. The number of aliphatic hydroxyl groups is 2. The molecule has 0 aromatic heterocycles. The summed E-state index contributed by atoms with van der Waals surface area (Å²) in [5.41, 5.74) is 0. The van der Waals surface area contributed by atoms with Crippen molar-refractivity contribution in [2.75, 3.05) is 46.2 Å². The van der Waals surface area contributed by atoms with E-state index in [1.165, 1.54) is 0 Å². The largest absolute Gasteiger partial charge is 0.692 e. The van der Waals surface area contributed by atoms with Crippen molar-refractivity contribution < 1.29 is 38.8 Å². The van der Waals surface area contributed by atoms with Gasteiger partial charge in [0.2, 0.25) is 0 Å². The van der Waals surface area contributed by atoms with Crippen LogP contribution in [0.2, 0.25) is 0 Å². The maximum absolute atomic E-state index is 8.84. The molecule has 8 nitrogen and oxygen atoms in total. The van der Waals surface area contributed by atoms with E-state index in [1.54, 1.807) is 6.92 Å². The normalized spacial score (nSPS) is 11.6. The van der Waals surface area contributed by atoms with Gasteiger partial charge >= 0.3 is 8.25 Å². The second-order valence-electron chi connectivity index (χ2n) is 3.13. The van der Waals surface area contributed by atoms with Crippen LogP contribution in [0.25, 0.3) is 0 Å². The van der Waals surface area contributed by atoms with Gasteiger partial charge < -0.3 is 24.4 Å². The minimum atomic E-state index is -2.87. The summed E-state index contributed by atoms with van der Waals surface area (Å²) in [6, 6.07) is 0. The minimum absolute atomic E-state index is 0.0392. The summed E-state index contributed by atoms with van der Waals surface area (Å²) in [6.07, 6.45) is -0.428. The van der Waals surface area contributed by atoms with Gasteiger partial charge in [0.15, 0.2) is 0 Å². The lowest BCUT2D eigenvalue weighted by molar-refractivity contribution is -0.00922. The van der Waals surface area contributed by atoms with E-state index in [9.17, 15) is 0 Å². The summed E-state index contributed by atoms with van der Waals surface area (Å²) in [5, 5.41) is 17.2. The molecule has 0 fully saturated rings. The molecule has 0 aliphatic carbocycles. The van der Waals surface area contributed by atoms with Crippen molar-refractivity contribution in [3.8, 4) is 0 Å². The molecule has 0 saturated carbocycles. The third-order valence-corrected chi connectivity index (χ3v) is 1.34. The Balaban J connectivity index is 0. The van der Waals surface area contributed by atoms with Crippen LogP contribution in [0.4, 0.5) is 0 Å². The zero-order valence-corrected chi connectivity index (χ0v) is 11.3. The first-order valence-corrected chi connectivity index (χ1v) is 6.54. The van der Waals surface area contributed by atoms with Crippen molar-refractivity contribution in [3.05, 3.63) is 0 Å². The van der Waals surface area contributed by atoms with Crippen LogP contribution >= 0.6 is 8.25 Å². The van der Waals surface area contributed by atoms with Gasteiger partial charge in [-0.2, -0.15) is 0 Å². The summed E-state index contributed by atoms with van der Waals surface area (Å²) in [5.74, 6) is 0. The average molecular weight is 289 g/mol. The van der Waals surface area contributed by atoms with Gasteiger partial charge in [-0.1, -0.05) is 0 Å². The van der Waals surface area contributed by atoms with E-state index in [-0.39, 0.29) is 6.61 Å². The van der Waals surface area contributed by atoms with E-state index >= 15 is 0 Å².